The number of halogens is 1. The van der Waals surface area contributed by atoms with Crippen molar-refractivity contribution in [3.8, 4) is 11.5 Å². The molecule has 7 heteroatoms. The third-order valence-corrected chi connectivity index (χ3v) is 6.55. The Labute approximate surface area is 217 Å². The molecule has 1 heterocycles. The van der Waals surface area contributed by atoms with Crippen molar-refractivity contribution in [1.82, 2.24) is 4.98 Å². The second-order valence-corrected chi connectivity index (χ2v) is 10.9. The van der Waals surface area contributed by atoms with Gasteiger partial charge in [-0.3, -0.25) is 9.59 Å². The van der Waals surface area contributed by atoms with Gasteiger partial charge in [0.2, 0.25) is 11.8 Å². The molecule has 2 unspecified atom stereocenters. The number of pyridine rings is 1. The number of hydrogen-bond acceptors (Lipinski definition) is 4. The number of aromatic nitrogens is 1. The summed E-state index contributed by atoms with van der Waals surface area (Å²) in [6.45, 7) is 8.08. The van der Waals surface area contributed by atoms with Crippen molar-refractivity contribution in [1.29, 1.82) is 0 Å². The number of carbonyl (C=O) groups is 2. The Hall–Kier alpha value is -3.38. The molecule has 1 aliphatic carbocycles. The second kappa shape index (κ2) is 10.7. The van der Waals surface area contributed by atoms with Crippen LogP contribution in [0.2, 0.25) is 0 Å². The number of alkyl halides is 1. The van der Waals surface area contributed by atoms with Crippen LogP contribution in [-0.2, 0) is 27.8 Å². The lowest BCUT2D eigenvalue weighted by atomic mass is 9.83. The van der Waals surface area contributed by atoms with E-state index in [0.717, 1.165) is 24.1 Å². The van der Waals surface area contributed by atoms with E-state index < -0.39 is 5.38 Å². The Morgan fingerprint density at radius 1 is 1.03 bits per heavy atom. The monoisotopic (exact) mass is 505 g/mol. The summed E-state index contributed by atoms with van der Waals surface area (Å²) in [6, 6.07) is 17.4. The summed E-state index contributed by atoms with van der Waals surface area (Å²) in [7, 11) is 0. The zero-order chi connectivity index (χ0) is 25.9. The van der Waals surface area contributed by atoms with E-state index in [1.807, 2.05) is 24.3 Å². The van der Waals surface area contributed by atoms with Crippen molar-refractivity contribution in [2.75, 3.05) is 10.6 Å². The van der Waals surface area contributed by atoms with Crippen LogP contribution in [0.5, 0.6) is 11.5 Å². The van der Waals surface area contributed by atoms with E-state index in [2.05, 4.69) is 54.6 Å². The van der Waals surface area contributed by atoms with Crippen LogP contribution >= 0.6 is 11.6 Å². The molecule has 0 saturated carbocycles. The highest BCUT2D eigenvalue weighted by Crippen LogP contribution is 2.32. The molecule has 1 aliphatic rings. The first-order chi connectivity index (χ1) is 17.1. The summed E-state index contributed by atoms with van der Waals surface area (Å²) in [4.78, 5) is 29.1. The first-order valence-electron chi connectivity index (χ1n) is 12.2. The first-order valence-corrected chi connectivity index (χ1v) is 12.6. The van der Waals surface area contributed by atoms with Crippen LogP contribution in [0.15, 0.2) is 60.8 Å². The zero-order valence-corrected chi connectivity index (χ0v) is 21.9. The fraction of sp³-hybridized carbons (Fsp3) is 0.345. The van der Waals surface area contributed by atoms with Gasteiger partial charge in [0.05, 0.1) is 0 Å². The Balaban J connectivity index is 1.43. The van der Waals surface area contributed by atoms with Gasteiger partial charge in [-0.05, 0) is 78.6 Å². The molecule has 2 atom stereocenters. The Kier molecular flexibility index (Phi) is 7.65. The molecule has 0 fully saturated rings. The molecule has 1 aromatic heterocycles. The summed E-state index contributed by atoms with van der Waals surface area (Å²) >= 11 is 5.82. The molecule has 0 aliphatic heterocycles. The smallest absolute Gasteiger partial charge is 0.243 e. The van der Waals surface area contributed by atoms with Gasteiger partial charge in [-0.2, -0.15) is 0 Å². The molecule has 2 aromatic carbocycles. The number of benzene rings is 2. The lowest BCUT2D eigenvalue weighted by molar-refractivity contribution is -0.120. The van der Waals surface area contributed by atoms with Gasteiger partial charge in [0.25, 0.3) is 0 Å². The maximum atomic E-state index is 13.1. The number of anilines is 2. The molecule has 3 aromatic rings. The molecule has 0 saturated heterocycles. The Morgan fingerprint density at radius 3 is 2.56 bits per heavy atom. The third-order valence-electron chi connectivity index (χ3n) is 6.35. The molecular formula is C29H32ClN3O3. The standard InChI is InChI=1S/C29H32ClN3O3/c1-18(30)27(34)33-26-17-25(12-13-31-26)36-24-11-10-19-8-9-20(14-21(19)15-24)28(35)32-23-7-5-6-22(16-23)29(2,3)4/h5-7,10-13,15-18,20H,8-9,14H2,1-4H3,(H,32,35)(H,31,33,34). The van der Waals surface area contributed by atoms with Crippen LogP contribution in [0.1, 0.15) is 50.8 Å². The number of nitrogens with zero attached hydrogens (tertiary/aromatic N) is 1. The van der Waals surface area contributed by atoms with Crippen molar-refractivity contribution >= 4 is 34.9 Å². The molecule has 0 spiro atoms. The number of rotatable bonds is 6. The number of amides is 2. The third kappa shape index (κ3) is 6.43. The maximum absolute atomic E-state index is 13.1. The Bertz CT molecular complexity index is 1270. The van der Waals surface area contributed by atoms with E-state index in [1.165, 1.54) is 11.1 Å². The molecular weight excluding hydrogens is 474 g/mol. The molecule has 2 N–H and O–H groups in total. The van der Waals surface area contributed by atoms with Crippen LogP contribution in [0.4, 0.5) is 11.5 Å². The average molecular weight is 506 g/mol. The van der Waals surface area contributed by atoms with Crippen molar-refractivity contribution in [2.24, 2.45) is 5.92 Å². The van der Waals surface area contributed by atoms with Crippen LogP contribution in [-0.4, -0.2) is 22.2 Å². The topological polar surface area (TPSA) is 80.3 Å². The lowest BCUT2D eigenvalue weighted by Crippen LogP contribution is -2.28. The molecule has 4 rings (SSSR count). The van der Waals surface area contributed by atoms with Gasteiger partial charge in [0, 0.05) is 23.9 Å². The predicted octanol–water partition coefficient (Wildman–Crippen LogP) is 6.48. The van der Waals surface area contributed by atoms with E-state index in [0.29, 0.717) is 23.7 Å². The van der Waals surface area contributed by atoms with Gasteiger partial charge >= 0.3 is 0 Å². The normalized spacial score (nSPS) is 16.0. The van der Waals surface area contributed by atoms with E-state index in [4.69, 9.17) is 16.3 Å². The SMILES string of the molecule is CC(Cl)C(=O)Nc1cc(Oc2ccc3c(c2)CC(C(=O)Nc2cccc(C(C)(C)C)c2)CC3)ccn1. The highest BCUT2D eigenvalue weighted by Gasteiger charge is 2.25. The minimum absolute atomic E-state index is 0.0185. The minimum atomic E-state index is -0.662. The predicted molar refractivity (Wildman–Crippen MR) is 144 cm³/mol. The molecule has 188 valence electrons. The highest BCUT2D eigenvalue weighted by atomic mass is 35.5. The summed E-state index contributed by atoms with van der Waals surface area (Å²) in [5, 5.41) is 5.12. The van der Waals surface area contributed by atoms with E-state index in [9.17, 15) is 9.59 Å². The van der Waals surface area contributed by atoms with Crippen molar-refractivity contribution in [3.63, 3.8) is 0 Å². The fourth-order valence-electron chi connectivity index (χ4n) is 4.23. The fourth-order valence-corrected chi connectivity index (χ4v) is 4.29. The van der Waals surface area contributed by atoms with E-state index in [-0.39, 0.29) is 23.1 Å². The van der Waals surface area contributed by atoms with Crippen molar-refractivity contribution in [3.05, 3.63) is 77.5 Å². The van der Waals surface area contributed by atoms with Crippen molar-refractivity contribution < 1.29 is 14.3 Å². The molecule has 2 amide bonds. The number of hydrogen-bond donors (Lipinski definition) is 2. The molecule has 36 heavy (non-hydrogen) atoms. The summed E-state index contributed by atoms with van der Waals surface area (Å²) in [6.07, 6.45) is 3.88. The molecule has 6 nitrogen and oxygen atoms in total. The number of fused-ring (bicyclic) bond motifs is 1. The number of nitrogens with one attached hydrogen (secondary N) is 2. The second-order valence-electron chi connectivity index (χ2n) is 10.3. The van der Waals surface area contributed by atoms with Gasteiger partial charge in [0.15, 0.2) is 0 Å². The van der Waals surface area contributed by atoms with E-state index in [1.54, 1.807) is 25.3 Å². The van der Waals surface area contributed by atoms with E-state index >= 15 is 0 Å². The molecule has 0 bridgehead atoms. The summed E-state index contributed by atoms with van der Waals surface area (Å²) in [5.41, 5.74) is 4.39. The van der Waals surface area contributed by atoms with Crippen LogP contribution in [0.3, 0.4) is 0 Å². The largest absolute Gasteiger partial charge is 0.457 e. The maximum Gasteiger partial charge on any atom is 0.243 e. The van der Waals surface area contributed by atoms with Gasteiger partial charge < -0.3 is 15.4 Å². The van der Waals surface area contributed by atoms with Crippen LogP contribution in [0, 0.1) is 5.92 Å². The van der Waals surface area contributed by atoms with Gasteiger partial charge in [-0.1, -0.05) is 39.0 Å². The highest BCUT2D eigenvalue weighted by molar-refractivity contribution is 6.32. The summed E-state index contributed by atoms with van der Waals surface area (Å²) in [5.74, 6) is 1.19. The first kappa shape index (κ1) is 25.7. The van der Waals surface area contributed by atoms with Crippen LogP contribution in [0.25, 0.3) is 0 Å². The quantitative estimate of drug-likeness (QED) is 0.376. The molecule has 0 radical (unpaired) electrons. The minimum Gasteiger partial charge on any atom is -0.457 e. The average Bonchev–Trinajstić information content (AvgIpc) is 2.83. The van der Waals surface area contributed by atoms with Gasteiger partial charge in [-0.25, -0.2) is 4.98 Å². The zero-order valence-electron chi connectivity index (χ0n) is 21.1. The number of aryl methyl sites for hydroxylation is 1. The number of ether oxygens (including phenoxy) is 1. The summed E-state index contributed by atoms with van der Waals surface area (Å²) < 4.78 is 6.04. The Morgan fingerprint density at radius 2 is 1.81 bits per heavy atom. The van der Waals surface area contributed by atoms with Crippen molar-refractivity contribution in [2.45, 2.75) is 57.7 Å². The van der Waals surface area contributed by atoms with Gasteiger partial charge in [-0.15, -0.1) is 11.6 Å². The number of carbonyl (C=O) groups excluding carboxylic acids is 2. The lowest BCUT2D eigenvalue weighted by Gasteiger charge is -2.25. The van der Waals surface area contributed by atoms with Gasteiger partial charge in [0.1, 0.15) is 22.7 Å². The van der Waals surface area contributed by atoms with Crippen LogP contribution < -0.4 is 15.4 Å².